The van der Waals surface area contributed by atoms with Crippen LogP contribution in [-0.2, 0) is 14.3 Å². The first kappa shape index (κ1) is 23.4. The van der Waals surface area contributed by atoms with Crippen LogP contribution in [0.15, 0.2) is 73.3 Å². The molecule has 0 aliphatic rings. The lowest BCUT2D eigenvalue weighted by molar-refractivity contribution is -0.139. The van der Waals surface area contributed by atoms with Gasteiger partial charge in [0.2, 0.25) is 0 Å². The lowest BCUT2D eigenvalue weighted by Crippen LogP contribution is -2.11. The van der Waals surface area contributed by atoms with E-state index in [0.717, 1.165) is 0 Å². The highest BCUT2D eigenvalue weighted by atomic mass is 16.5. The van der Waals surface area contributed by atoms with E-state index in [0.29, 0.717) is 41.2 Å². The van der Waals surface area contributed by atoms with Gasteiger partial charge in [-0.05, 0) is 55.5 Å². The zero-order valence-corrected chi connectivity index (χ0v) is 17.3. The molecule has 0 amide bonds. The maximum absolute atomic E-state index is 12.2. The normalized spacial score (nSPS) is 9.97. The summed E-state index contributed by atoms with van der Waals surface area (Å²) in [7, 11) is 0. The van der Waals surface area contributed by atoms with E-state index in [1.807, 2.05) is 0 Å². The lowest BCUT2D eigenvalue weighted by atomic mass is 10.2. The molecule has 2 aromatic rings. The average molecular weight is 424 g/mol. The summed E-state index contributed by atoms with van der Waals surface area (Å²) in [5.41, 5.74) is 0.983. The molecule has 0 atom stereocenters. The van der Waals surface area contributed by atoms with Crippen LogP contribution in [0.2, 0.25) is 0 Å². The van der Waals surface area contributed by atoms with Crippen LogP contribution >= 0.6 is 0 Å². The highest BCUT2D eigenvalue weighted by Gasteiger charge is 2.11. The molecule has 0 aliphatic heterocycles. The van der Waals surface area contributed by atoms with Gasteiger partial charge in [0.05, 0.1) is 24.3 Å². The molecule has 0 aromatic heterocycles. The molecule has 7 nitrogen and oxygen atoms in total. The van der Waals surface area contributed by atoms with E-state index in [1.54, 1.807) is 37.3 Å². The number of carbonyl (C=O) groups excluding carboxylic acids is 3. The molecule has 162 valence electrons. The minimum Gasteiger partial charge on any atom is -0.490 e. The fraction of sp³-hybridized carbons (Fsp3) is 0.208. The van der Waals surface area contributed by atoms with Crippen molar-refractivity contribution in [3.8, 4) is 11.5 Å². The third kappa shape index (κ3) is 7.81. The number of benzene rings is 2. The monoisotopic (exact) mass is 424 g/mol. The van der Waals surface area contributed by atoms with Crippen molar-refractivity contribution in [3.63, 3.8) is 0 Å². The van der Waals surface area contributed by atoms with Gasteiger partial charge in [0.25, 0.3) is 0 Å². The van der Waals surface area contributed by atoms with Crippen molar-refractivity contribution in [1.82, 2.24) is 0 Å². The van der Waals surface area contributed by atoms with E-state index in [2.05, 4.69) is 13.2 Å². The van der Waals surface area contributed by atoms with Gasteiger partial charge >= 0.3 is 17.9 Å². The molecule has 0 spiro atoms. The maximum atomic E-state index is 12.2. The van der Waals surface area contributed by atoms with Crippen LogP contribution in [0.1, 0.15) is 34.1 Å². The zero-order chi connectivity index (χ0) is 22.6. The predicted octanol–water partition coefficient (Wildman–Crippen LogP) is 4.14. The first-order chi connectivity index (χ1) is 14.9. The second kappa shape index (κ2) is 12.0. The molecule has 2 rings (SSSR count). The molecule has 2 aromatic carbocycles. The summed E-state index contributed by atoms with van der Waals surface area (Å²) < 4.78 is 20.7. The first-order valence-electron chi connectivity index (χ1n) is 9.56. The Morgan fingerprint density at radius 2 is 1.39 bits per heavy atom. The molecule has 0 bridgehead atoms. The van der Waals surface area contributed by atoms with Gasteiger partial charge in [0.15, 0.2) is 0 Å². The molecule has 0 heterocycles. The number of carbonyl (C=O) groups is 3. The molecule has 0 N–H and O–H groups in total. The molecule has 0 aliphatic carbocycles. The lowest BCUT2D eigenvalue weighted by Gasteiger charge is -2.08. The van der Waals surface area contributed by atoms with Crippen molar-refractivity contribution < 1.29 is 33.3 Å². The van der Waals surface area contributed by atoms with Gasteiger partial charge in [-0.2, -0.15) is 0 Å². The molecule has 0 unspecified atom stereocenters. The quantitative estimate of drug-likeness (QED) is 0.176. The van der Waals surface area contributed by atoms with Crippen LogP contribution < -0.4 is 9.47 Å². The van der Waals surface area contributed by atoms with Crippen molar-refractivity contribution in [2.75, 3.05) is 19.8 Å². The van der Waals surface area contributed by atoms with Crippen molar-refractivity contribution in [1.29, 1.82) is 0 Å². The van der Waals surface area contributed by atoms with Crippen molar-refractivity contribution in [2.45, 2.75) is 13.3 Å². The van der Waals surface area contributed by atoms with E-state index in [9.17, 15) is 14.4 Å². The summed E-state index contributed by atoms with van der Waals surface area (Å²) in [6, 6.07) is 12.5. The molecule has 0 fully saturated rings. The van der Waals surface area contributed by atoms with Gasteiger partial charge in [-0.25, -0.2) is 14.4 Å². The summed E-state index contributed by atoms with van der Waals surface area (Å²) in [6.07, 6.45) is 2.00. The van der Waals surface area contributed by atoms with E-state index in [-0.39, 0.29) is 13.2 Å². The Morgan fingerprint density at radius 3 is 1.97 bits per heavy atom. The van der Waals surface area contributed by atoms with Gasteiger partial charge in [-0.1, -0.05) is 19.2 Å². The minimum absolute atomic E-state index is 0.103. The molecular formula is C24H24O7. The highest BCUT2D eigenvalue weighted by molar-refractivity contribution is 5.92. The number of ether oxygens (including phenoxy) is 4. The van der Waals surface area contributed by atoms with Gasteiger partial charge < -0.3 is 18.9 Å². The van der Waals surface area contributed by atoms with Crippen molar-refractivity contribution in [3.05, 3.63) is 84.5 Å². The fourth-order valence-electron chi connectivity index (χ4n) is 2.26. The van der Waals surface area contributed by atoms with Crippen molar-refractivity contribution in [2.24, 2.45) is 0 Å². The first-order valence-corrected chi connectivity index (χ1v) is 9.56. The average Bonchev–Trinajstić information content (AvgIpc) is 2.77. The molecule has 7 heteroatoms. The SMILES string of the molecule is C=CCOc1ccc(C(=O)Oc2ccc(C(=O)OCCCOC(=O)C(=C)C)cc2)cc1. The van der Waals surface area contributed by atoms with E-state index >= 15 is 0 Å². The van der Waals surface area contributed by atoms with Gasteiger partial charge in [-0.3, -0.25) is 0 Å². The van der Waals surface area contributed by atoms with Gasteiger partial charge in [0.1, 0.15) is 18.1 Å². The van der Waals surface area contributed by atoms with Crippen LogP contribution in [-0.4, -0.2) is 37.7 Å². The summed E-state index contributed by atoms with van der Waals surface area (Å²) in [5.74, 6) is -0.629. The van der Waals surface area contributed by atoms with E-state index in [4.69, 9.17) is 18.9 Å². The third-order valence-corrected chi connectivity index (χ3v) is 3.86. The minimum atomic E-state index is -0.532. The highest BCUT2D eigenvalue weighted by Crippen LogP contribution is 2.17. The second-order valence-electron chi connectivity index (χ2n) is 6.44. The number of hydrogen-bond acceptors (Lipinski definition) is 7. The second-order valence-corrected chi connectivity index (χ2v) is 6.44. The topological polar surface area (TPSA) is 88.1 Å². The Labute approximate surface area is 180 Å². The Morgan fingerprint density at radius 1 is 0.839 bits per heavy atom. The number of esters is 3. The van der Waals surface area contributed by atoms with Crippen molar-refractivity contribution >= 4 is 17.9 Å². The summed E-state index contributed by atoms with van der Waals surface area (Å²) in [5, 5.41) is 0. The maximum Gasteiger partial charge on any atom is 0.343 e. The fourth-order valence-corrected chi connectivity index (χ4v) is 2.26. The summed E-state index contributed by atoms with van der Waals surface area (Å²) in [6.45, 7) is 9.22. The van der Waals surface area contributed by atoms with Crippen LogP contribution in [0.25, 0.3) is 0 Å². The molecule has 0 saturated carbocycles. The molecule has 31 heavy (non-hydrogen) atoms. The summed E-state index contributed by atoms with van der Waals surface area (Å²) in [4.78, 5) is 35.5. The van der Waals surface area contributed by atoms with Crippen LogP contribution in [0, 0.1) is 0 Å². The molecule has 0 saturated heterocycles. The zero-order valence-electron chi connectivity index (χ0n) is 17.3. The van der Waals surface area contributed by atoms with Gasteiger partial charge in [-0.15, -0.1) is 0 Å². The number of hydrogen-bond donors (Lipinski definition) is 0. The Balaban J connectivity index is 1.79. The molecular weight excluding hydrogens is 400 g/mol. The third-order valence-electron chi connectivity index (χ3n) is 3.86. The Bertz CT molecular complexity index is 927. The Hall–Kier alpha value is -3.87. The standard InChI is InChI=1S/C24H24O7/c1-4-14-28-20-10-6-19(7-11-20)24(27)31-21-12-8-18(9-13-21)23(26)30-16-5-15-29-22(25)17(2)3/h4,6-13H,1-2,5,14-16H2,3H3. The van der Waals surface area contributed by atoms with E-state index in [1.165, 1.54) is 24.3 Å². The van der Waals surface area contributed by atoms with Crippen LogP contribution in [0.5, 0.6) is 11.5 Å². The largest absolute Gasteiger partial charge is 0.490 e. The number of rotatable bonds is 11. The van der Waals surface area contributed by atoms with E-state index < -0.39 is 17.9 Å². The van der Waals surface area contributed by atoms with Gasteiger partial charge in [0, 0.05) is 12.0 Å². The Kier molecular flexibility index (Phi) is 9.04. The molecule has 0 radical (unpaired) electrons. The predicted molar refractivity (Wildman–Crippen MR) is 114 cm³/mol. The summed E-state index contributed by atoms with van der Waals surface area (Å²) >= 11 is 0. The van der Waals surface area contributed by atoms with Crippen LogP contribution in [0.4, 0.5) is 0 Å². The van der Waals surface area contributed by atoms with Crippen LogP contribution in [0.3, 0.4) is 0 Å². The smallest absolute Gasteiger partial charge is 0.343 e.